The molecule has 1 rings (SSSR count). The van der Waals surface area contributed by atoms with Gasteiger partial charge in [0.15, 0.2) is 6.29 Å². The van der Waals surface area contributed by atoms with E-state index >= 15 is 0 Å². The van der Waals surface area contributed by atoms with E-state index in [0.717, 1.165) is 11.1 Å². The molecule has 19 heavy (non-hydrogen) atoms. The first-order chi connectivity index (χ1) is 9.21. The van der Waals surface area contributed by atoms with E-state index in [-0.39, 0.29) is 12.3 Å². The normalized spacial score (nSPS) is 11.2. The van der Waals surface area contributed by atoms with Crippen LogP contribution in [0.3, 0.4) is 0 Å². The number of hydrogen-bond acceptors (Lipinski definition) is 4. The lowest BCUT2D eigenvalue weighted by atomic mass is 10.1. The Morgan fingerprint density at radius 1 is 1.16 bits per heavy atom. The van der Waals surface area contributed by atoms with Crippen molar-refractivity contribution in [3.63, 3.8) is 0 Å². The molecule has 0 aliphatic carbocycles. The van der Waals surface area contributed by atoms with Gasteiger partial charge in [-0.15, -0.1) is 0 Å². The Bertz CT molecular complexity index is 403. The Kier molecular flexibility index (Phi) is 6.85. The number of rotatable bonds is 7. The van der Waals surface area contributed by atoms with Gasteiger partial charge in [0.25, 0.3) is 0 Å². The van der Waals surface area contributed by atoms with E-state index in [9.17, 15) is 4.79 Å². The van der Waals surface area contributed by atoms with Crippen molar-refractivity contribution in [2.45, 2.75) is 20.1 Å². The molecular formula is C15H20O4. The van der Waals surface area contributed by atoms with Crippen LogP contribution >= 0.6 is 0 Å². The molecule has 4 heteroatoms. The van der Waals surface area contributed by atoms with E-state index in [2.05, 4.69) is 4.74 Å². The molecule has 0 aromatic heterocycles. The summed E-state index contributed by atoms with van der Waals surface area (Å²) in [5.41, 5.74) is 1.87. The van der Waals surface area contributed by atoms with Crippen molar-refractivity contribution in [1.82, 2.24) is 0 Å². The molecule has 0 aliphatic heterocycles. The molecule has 1 aromatic rings. The Morgan fingerprint density at radius 2 is 1.74 bits per heavy atom. The zero-order valence-electron chi connectivity index (χ0n) is 11.6. The van der Waals surface area contributed by atoms with Crippen LogP contribution in [0.1, 0.15) is 31.3 Å². The van der Waals surface area contributed by atoms with Gasteiger partial charge in [-0.25, -0.2) is 4.79 Å². The molecule has 0 heterocycles. The molecule has 0 atom stereocenters. The molecule has 0 spiro atoms. The van der Waals surface area contributed by atoms with Crippen molar-refractivity contribution < 1.29 is 19.0 Å². The van der Waals surface area contributed by atoms with Crippen molar-refractivity contribution in [2.24, 2.45) is 0 Å². The summed E-state index contributed by atoms with van der Waals surface area (Å²) in [6.45, 7) is 5.04. The van der Waals surface area contributed by atoms with Crippen molar-refractivity contribution >= 4 is 12.0 Å². The Morgan fingerprint density at radius 3 is 2.21 bits per heavy atom. The summed E-state index contributed by atoms with van der Waals surface area (Å²) in [7, 11) is 1.35. The predicted molar refractivity (Wildman–Crippen MR) is 73.5 cm³/mol. The molecule has 0 saturated heterocycles. The monoisotopic (exact) mass is 264 g/mol. The summed E-state index contributed by atoms with van der Waals surface area (Å²) in [5.74, 6) is -0.370. The first-order valence-electron chi connectivity index (χ1n) is 6.30. The Hall–Kier alpha value is -1.65. The quantitative estimate of drug-likeness (QED) is 0.431. The third kappa shape index (κ3) is 5.24. The van der Waals surface area contributed by atoms with Crippen LogP contribution in [0, 0.1) is 0 Å². The van der Waals surface area contributed by atoms with Crippen LogP contribution in [0.4, 0.5) is 0 Å². The van der Waals surface area contributed by atoms with Gasteiger partial charge in [0.2, 0.25) is 0 Å². The summed E-state index contributed by atoms with van der Waals surface area (Å²) >= 11 is 0. The van der Waals surface area contributed by atoms with Gasteiger partial charge in [0.1, 0.15) is 0 Å². The fourth-order valence-corrected chi connectivity index (χ4v) is 1.54. The molecule has 1 aromatic carbocycles. The zero-order chi connectivity index (χ0) is 14.1. The van der Waals surface area contributed by atoms with Gasteiger partial charge in [-0.05, 0) is 25.5 Å². The summed E-state index contributed by atoms with van der Waals surface area (Å²) in [5, 5.41) is 0. The molecule has 0 aliphatic rings. The van der Waals surface area contributed by atoms with Crippen LogP contribution in [0.5, 0.6) is 0 Å². The third-order valence-electron chi connectivity index (χ3n) is 2.46. The minimum Gasteiger partial charge on any atom is -0.466 e. The highest BCUT2D eigenvalue weighted by Crippen LogP contribution is 2.19. The molecule has 0 unspecified atom stereocenters. The minimum atomic E-state index is -0.370. The van der Waals surface area contributed by atoms with E-state index in [1.165, 1.54) is 13.2 Å². The molecule has 0 bridgehead atoms. The Balaban J connectivity index is 2.73. The zero-order valence-corrected chi connectivity index (χ0v) is 11.6. The molecular weight excluding hydrogens is 244 g/mol. The fraction of sp³-hybridized carbons (Fsp3) is 0.400. The lowest BCUT2D eigenvalue weighted by Crippen LogP contribution is -2.08. The molecule has 0 saturated carbocycles. The van der Waals surface area contributed by atoms with Crippen molar-refractivity contribution in [2.75, 3.05) is 20.3 Å². The summed E-state index contributed by atoms with van der Waals surface area (Å²) < 4.78 is 15.6. The van der Waals surface area contributed by atoms with Crippen LogP contribution < -0.4 is 0 Å². The highest BCUT2D eigenvalue weighted by molar-refractivity contribution is 5.86. The molecule has 0 N–H and O–H groups in total. The van der Waals surface area contributed by atoms with Crippen LogP contribution in [0.25, 0.3) is 6.08 Å². The fourth-order valence-electron chi connectivity index (χ4n) is 1.54. The average molecular weight is 264 g/mol. The maximum absolute atomic E-state index is 11.0. The van der Waals surface area contributed by atoms with Crippen LogP contribution in [0.2, 0.25) is 0 Å². The standard InChI is InChI=1S/C15H20O4/c1-4-18-15(19-5-2)13-9-6-12(7-10-13)8-11-14(16)17-3/h6-11,15H,4-5H2,1-3H3. The summed E-state index contributed by atoms with van der Waals surface area (Å²) in [4.78, 5) is 11.0. The van der Waals surface area contributed by atoms with Gasteiger partial charge in [-0.1, -0.05) is 24.3 Å². The first-order valence-corrected chi connectivity index (χ1v) is 6.30. The van der Waals surface area contributed by atoms with E-state index in [4.69, 9.17) is 9.47 Å². The van der Waals surface area contributed by atoms with Gasteiger partial charge in [-0.2, -0.15) is 0 Å². The van der Waals surface area contributed by atoms with Crippen molar-refractivity contribution in [1.29, 1.82) is 0 Å². The van der Waals surface area contributed by atoms with Crippen LogP contribution in [-0.4, -0.2) is 26.3 Å². The lowest BCUT2D eigenvalue weighted by molar-refractivity contribution is -0.140. The maximum atomic E-state index is 11.0. The predicted octanol–water partition coefficient (Wildman–Crippen LogP) is 2.94. The van der Waals surface area contributed by atoms with Crippen LogP contribution in [0.15, 0.2) is 30.3 Å². The van der Waals surface area contributed by atoms with Crippen molar-refractivity contribution in [3.05, 3.63) is 41.5 Å². The van der Waals surface area contributed by atoms with E-state index in [1.54, 1.807) is 6.08 Å². The van der Waals surface area contributed by atoms with Crippen LogP contribution in [-0.2, 0) is 19.0 Å². The topological polar surface area (TPSA) is 44.8 Å². The SMILES string of the molecule is CCOC(OCC)c1ccc(C=CC(=O)OC)cc1. The van der Waals surface area contributed by atoms with Crippen molar-refractivity contribution in [3.8, 4) is 0 Å². The van der Waals surface area contributed by atoms with E-state index in [1.807, 2.05) is 38.1 Å². The number of esters is 1. The molecule has 4 nitrogen and oxygen atoms in total. The van der Waals surface area contributed by atoms with Gasteiger partial charge >= 0.3 is 5.97 Å². The van der Waals surface area contributed by atoms with Gasteiger partial charge in [-0.3, -0.25) is 0 Å². The van der Waals surface area contributed by atoms with E-state index < -0.39 is 0 Å². The van der Waals surface area contributed by atoms with Gasteiger partial charge in [0.05, 0.1) is 7.11 Å². The van der Waals surface area contributed by atoms with Gasteiger partial charge in [0, 0.05) is 24.9 Å². The van der Waals surface area contributed by atoms with Gasteiger partial charge < -0.3 is 14.2 Å². The summed E-state index contributed by atoms with van der Waals surface area (Å²) in [6, 6.07) is 7.65. The first kappa shape index (κ1) is 15.4. The number of hydrogen-bond donors (Lipinski definition) is 0. The maximum Gasteiger partial charge on any atom is 0.330 e. The highest BCUT2D eigenvalue weighted by Gasteiger charge is 2.10. The Labute approximate surface area is 114 Å². The number of benzene rings is 1. The summed E-state index contributed by atoms with van der Waals surface area (Å²) in [6.07, 6.45) is 2.75. The molecule has 0 amide bonds. The molecule has 104 valence electrons. The smallest absolute Gasteiger partial charge is 0.330 e. The highest BCUT2D eigenvalue weighted by atomic mass is 16.7. The number of carbonyl (C=O) groups excluding carboxylic acids is 1. The molecule has 0 fully saturated rings. The van der Waals surface area contributed by atoms with E-state index in [0.29, 0.717) is 13.2 Å². The number of methoxy groups -OCH3 is 1. The molecule has 0 radical (unpaired) electrons. The largest absolute Gasteiger partial charge is 0.466 e. The second-order valence-corrected chi connectivity index (χ2v) is 3.77. The average Bonchev–Trinajstić information content (AvgIpc) is 2.45. The third-order valence-corrected chi connectivity index (χ3v) is 2.46. The second kappa shape index (κ2) is 8.45. The second-order valence-electron chi connectivity index (χ2n) is 3.77. The number of carbonyl (C=O) groups is 1. The number of ether oxygens (including phenoxy) is 3. The lowest BCUT2D eigenvalue weighted by Gasteiger charge is -2.17. The minimum absolute atomic E-state index is 0.339.